The fraction of sp³-hybridized carbons (Fsp3) is 0.556. The number of nitrogens with zero attached hydrogens (tertiary/aromatic N) is 2. The van der Waals surface area contributed by atoms with Gasteiger partial charge in [-0.05, 0) is 19.4 Å². The largest absolute Gasteiger partial charge is 0.391 e. The number of hydrogen-bond acceptors (Lipinski definition) is 3. The fourth-order valence-electron chi connectivity index (χ4n) is 1.62. The third kappa shape index (κ3) is 1.63. The van der Waals surface area contributed by atoms with E-state index in [1.807, 2.05) is 6.92 Å². The molecule has 1 saturated heterocycles. The van der Waals surface area contributed by atoms with Crippen molar-refractivity contribution >= 4 is 5.91 Å². The molecule has 0 radical (unpaired) electrons. The summed E-state index contributed by atoms with van der Waals surface area (Å²) in [5.41, 5.74) is 1.30. The van der Waals surface area contributed by atoms with Crippen LogP contribution in [-0.2, 0) is 0 Å². The standard InChI is InChI=1S/C9H13N3O2/c1-6-4-8(11-10-6)9(14)12-3-2-7(13)5-12/h4,7,13H,2-3,5H2,1H3,(H,10,11). The molecule has 2 N–H and O–H groups in total. The molecule has 76 valence electrons. The number of aryl methyl sites for hydroxylation is 1. The molecule has 1 aliphatic rings. The Morgan fingerprint density at radius 2 is 2.57 bits per heavy atom. The second kappa shape index (κ2) is 3.42. The Morgan fingerprint density at radius 1 is 1.79 bits per heavy atom. The summed E-state index contributed by atoms with van der Waals surface area (Å²) in [5.74, 6) is -0.106. The van der Waals surface area contributed by atoms with Crippen LogP contribution in [0.4, 0.5) is 0 Å². The van der Waals surface area contributed by atoms with Gasteiger partial charge in [0, 0.05) is 18.8 Å². The molecule has 2 rings (SSSR count). The lowest BCUT2D eigenvalue weighted by Gasteiger charge is -2.12. The lowest BCUT2D eigenvalue weighted by molar-refractivity contribution is 0.0759. The number of aromatic nitrogens is 2. The highest BCUT2D eigenvalue weighted by Gasteiger charge is 2.26. The van der Waals surface area contributed by atoms with E-state index >= 15 is 0 Å². The number of β-amino-alcohol motifs (C(OH)–C–C–N with tert-alkyl or cyclic N) is 1. The first-order valence-corrected chi connectivity index (χ1v) is 4.66. The zero-order valence-corrected chi connectivity index (χ0v) is 8.03. The highest BCUT2D eigenvalue weighted by Crippen LogP contribution is 2.12. The SMILES string of the molecule is Cc1cc(C(=O)N2CCC(O)C2)n[nH]1. The van der Waals surface area contributed by atoms with Crippen molar-refractivity contribution in [2.24, 2.45) is 0 Å². The molecule has 1 aromatic rings. The first-order chi connectivity index (χ1) is 6.66. The first kappa shape index (κ1) is 9.21. The molecule has 1 aromatic heterocycles. The van der Waals surface area contributed by atoms with Crippen LogP contribution in [-0.4, -0.2) is 45.3 Å². The molecule has 2 heterocycles. The minimum Gasteiger partial charge on any atom is -0.391 e. The molecule has 1 amide bonds. The van der Waals surface area contributed by atoms with Crippen molar-refractivity contribution in [2.45, 2.75) is 19.4 Å². The molecule has 0 aliphatic carbocycles. The smallest absolute Gasteiger partial charge is 0.274 e. The molecular formula is C9H13N3O2. The average Bonchev–Trinajstić information content (AvgIpc) is 2.73. The summed E-state index contributed by atoms with van der Waals surface area (Å²) in [7, 11) is 0. The van der Waals surface area contributed by atoms with Gasteiger partial charge in [0.15, 0.2) is 0 Å². The van der Waals surface area contributed by atoms with Crippen molar-refractivity contribution in [1.82, 2.24) is 15.1 Å². The number of aliphatic hydroxyl groups is 1. The third-order valence-electron chi connectivity index (χ3n) is 2.38. The van der Waals surface area contributed by atoms with Gasteiger partial charge in [0.2, 0.25) is 0 Å². The van der Waals surface area contributed by atoms with E-state index in [9.17, 15) is 9.90 Å². The minimum atomic E-state index is -0.376. The lowest BCUT2D eigenvalue weighted by atomic mass is 10.3. The van der Waals surface area contributed by atoms with Crippen molar-refractivity contribution in [1.29, 1.82) is 0 Å². The maximum Gasteiger partial charge on any atom is 0.274 e. The van der Waals surface area contributed by atoms with E-state index in [-0.39, 0.29) is 12.0 Å². The van der Waals surface area contributed by atoms with E-state index in [4.69, 9.17) is 0 Å². The molecule has 0 aromatic carbocycles. The molecule has 5 heteroatoms. The number of likely N-dealkylation sites (tertiary alicyclic amines) is 1. The summed E-state index contributed by atoms with van der Waals surface area (Å²) in [6.07, 6.45) is 0.286. The Labute approximate surface area is 81.7 Å². The van der Waals surface area contributed by atoms with E-state index in [2.05, 4.69) is 10.2 Å². The second-order valence-corrected chi connectivity index (χ2v) is 3.63. The predicted octanol–water partition coefficient (Wildman–Crippen LogP) is -0.0751. The third-order valence-corrected chi connectivity index (χ3v) is 2.38. The zero-order valence-electron chi connectivity index (χ0n) is 8.03. The van der Waals surface area contributed by atoms with Gasteiger partial charge < -0.3 is 10.0 Å². The molecule has 0 saturated carbocycles. The number of hydrogen-bond donors (Lipinski definition) is 2. The maximum atomic E-state index is 11.7. The zero-order chi connectivity index (χ0) is 10.1. The average molecular weight is 195 g/mol. The number of carbonyl (C=O) groups is 1. The molecular weight excluding hydrogens is 182 g/mol. The number of aliphatic hydroxyl groups excluding tert-OH is 1. The summed E-state index contributed by atoms with van der Waals surface area (Å²) in [4.78, 5) is 13.4. The number of aromatic amines is 1. The van der Waals surface area contributed by atoms with Crippen molar-refractivity contribution in [2.75, 3.05) is 13.1 Å². The first-order valence-electron chi connectivity index (χ1n) is 4.66. The van der Waals surface area contributed by atoms with Crippen LogP contribution in [0.25, 0.3) is 0 Å². The van der Waals surface area contributed by atoms with Crippen molar-refractivity contribution in [3.05, 3.63) is 17.5 Å². The summed E-state index contributed by atoms with van der Waals surface area (Å²) in [6.45, 7) is 2.89. The van der Waals surface area contributed by atoms with Gasteiger partial charge in [-0.1, -0.05) is 0 Å². The van der Waals surface area contributed by atoms with Crippen LogP contribution in [0.1, 0.15) is 22.6 Å². The number of amides is 1. The summed E-state index contributed by atoms with van der Waals surface area (Å²) in [5, 5.41) is 15.9. The monoisotopic (exact) mass is 195 g/mol. The van der Waals surface area contributed by atoms with E-state index in [1.165, 1.54) is 0 Å². The van der Waals surface area contributed by atoms with Crippen LogP contribution in [0.3, 0.4) is 0 Å². The lowest BCUT2D eigenvalue weighted by Crippen LogP contribution is -2.29. The number of rotatable bonds is 1. The molecule has 1 atom stereocenters. The van der Waals surface area contributed by atoms with Gasteiger partial charge in [-0.15, -0.1) is 0 Å². The van der Waals surface area contributed by atoms with Crippen LogP contribution in [0.15, 0.2) is 6.07 Å². The van der Waals surface area contributed by atoms with Gasteiger partial charge in [0.05, 0.1) is 6.10 Å². The molecule has 0 bridgehead atoms. The quantitative estimate of drug-likeness (QED) is 0.658. The van der Waals surface area contributed by atoms with Crippen LogP contribution < -0.4 is 0 Å². The Balaban J connectivity index is 2.09. The minimum absolute atomic E-state index is 0.106. The van der Waals surface area contributed by atoms with E-state index in [0.29, 0.717) is 25.2 Å². The van der Waals surface area contributed by atoms with Crippen LogP contribution in [0.2, 0.25) is 0 Å². The summed E-state index contributed by atoms with van der Waals surface area (Å²) >= 11 is 0. The van der Waals surface area contributed by atoms with Crippen LogP contribution >= 0.6 is 0 Å². The Bertz CT molecular complexity index is 348. The number of H-pyrrole nitrogens is 1. The normalized spacial score (nSPS) is 21.6. The van der Waals surface area contributed by atoms with Gasteiger partial charge in [-0.2, -0.15) is 5.10 Å². The fourth-order valence-corrected chi connectivity index (χ4v) is 1.62. The van der Waals surface area contributed by atoms with Gasteiger partial charge in [-0.3, -0.25) is 9.89 Å². The van der Waals surface area contributed by atoms with E-state index in [0.717, 1.165) is 5.69 Å². The van der Waals surface area contributed by atoms with Crippen molar-refractivity contribution in [3.8, 4) is 0 Å². The van der Waals surface area contributed by atoms with Crippen LogP contribution in [0.5, 0.6) is 0 Å². The molecule has 5 nitrogen and oxygen atoms in total. The van der Waals surface area contributed by atoms with Crippen molar-refractivity contribution < 1.29 is 9.90 Å². The van der Waals surface area contributed by atoms with E-state index < -0.39 is 0 Å². The summed E-state index contributed by atoms with van der Waals surface area (Å²) in [6, 6.07) is 1.72. The number of nitrogens with one attached hydrogen (secondary N) is 1. The molecule has 0 spiro atoms. The highest BCUT2D eigenvalue weighted by molar-refractivity contribution is 5.92. The topological polar surface area (TPSA) is 69.2 Å². The molecule has 14 heavy (non-hydrogen) atoms. The highest BCUT2D eigenvalue weighted by atomic mass is 16.3. The molecule has 1 fully saturated rings. The number of carbonyl (C=O) groups excluding carboxylic acids is 1. The Kier molecular flexibility index (Phi) is 2.25. The van der Waals surface area contributed by atoms with Crippen LogP contribution in [0, 0.1) is 6.92 Å². The summed E-state index contributed by atoms with van der Waals surface area (Å²) < 4.78 is 0. The molecule has 1 unspecified atom stereocenters. The van der Waals surface area contributed by atoms with E-state index in [1.54, 1.807) is 11.0 Å². The Morgan fingerprint density at radius 3 is 3.07 bits per heavy atom. The predicted molar refractivity (Wildman–Crippen MR) is 49.9 cm³/mol. The Hall–Kier alpha value is -1.36. The van der Waals surface area contributed by atoms with Gasteiger partial charge in [-0.25, -0.2) is 0 Å². The second-order valence-electron chi connectivity index (χ2n) is 3.63. The van der Waals surface area contributed by atoms with Gasteiger partial charge in [0.1, 0.15) is 5.69 Å². The molecule has 1 aliphatic heterocycles. The maximum absolute atomic E-state index is 11.7. The van der Waals surface area contributed by atoms with Gasteiger partial charge >= 0.3 is 0 Å². The van der Waals surface area contributed by atoms with Gasteiger partial charge in [0.25, 0.3) is 5.91 Å². The van der Waals surface area contributed by atoms with Crippen molar-refractivity contribution in [3.63, 3.8) is 0 Å².